The van der Waals surface area contributed by atoms with E-state index in [0.717, 1.165) is 9.21 Å². The van der Waals surface area contributed by atoms with Gasteiger partial charge in [-0.05, 0) is 25.1 Å². The maximum atomic E-state index is 8.89. The molecule has 0 bridgehead atoms. The fraction of sp³-hybridized carbons (Fsp3) is 0.167. The molecule has 1 N–H and O–H groups in total. The summed E-state index contributed by atoms with van der Waals surface area (Å²) in [4.78, 5) is 5.22. The molecule has 0 aliphatic heterocycles. The van der Waals surface area contributed by atoms with Gasteiger partial charge in [-0.25, -0.2) is 4.98 Å². The number of nitrogens with one attached hydrogen (secondary N) is 1. The third kappa shape index (κ3) is 2.75. The third-order valence-corrected chi connectivity index (χ3v) is 4.18. The lowest BCUT2D eigenvalue weighted by Crippen LogP contribution is -2.07. The van der Waals surface area contributed by atoms with Gasteiger partial charge in [0.25, 0.3) is 0 Å². The topological polar surface area (TPSA) is 48.7 Å². The fourth-order valence-corrected chi connectivity index (χ4v) is 2.74. The first-order chi connectivity index (χ1) is 8.61. The van der Waals surface area contributed by atoms with Crippen molar-refractivity contribution >= 4 is 40.4 Å². The second-order valence-corrected chi connectivity index (χ2v) is 5.77. The van der Waals surface area contributed by atoms with Crippen molar-refractivity contribution in [2.75, 3.05) is 5.32 Å². The van der Waals surface area contributed by atoms with Crippen molar-refractivity contribution in [2.24, 2.45) is 0 Å². The minimum Gasteiger partial charge on any atom is -0.361 e. The zero-order valence-electron chi connectivity index (χ0n) is 9.45. The molecule has 3 nitrogen and oxygen atoms in total. The molecule has 6 heteroatoms. The SMILES string of the molecule is CC(Nc1nccc(C#N)c1Cl)c1ccc(Cl)s1. The van der Waals surface area contributed by atoms with E-state index in [9.17, 15) is 0 Å². The predicted octanol–water partition coefficient (Wildman–Crippen LogP) is 4.49. The van der Waals surface area contributed by atoms with Gasteiger partial charge in [0.2, 0.25) is 0 Å². The van der Waals surface area contributed by atoms with Crippen LogP contribution in [-0.4, -0.2) is 4.98 Å². The molecule has 18 heavy (non-hydrogen) atoms. The van der Waals surface area contributed by atoms with Gasteiger partial charge in [-0.3, -0.25) is 0 Å². The molecule has 1 atom stereocenters. The maximum Gasteiger partial charge on any atom is 0.146 e. The molecule has 0 radical (unpaired) electrons. The highest BCUT2D eigenvalue weighted by atomic mass is 35.5. The molecule has 0 aliphatic carbocycles. The Bertz CT molecular complexity index is 604. The summed E-state index contributed by atoms with van der Waals surface area (Å²) < 4.78 is 0.739. The third-order valence-electron chi connectivity index (χ3n) is 2.38. The van der Waals surface area contributed by atoms with Crippen LogP contribution in [0.2, 0.25) is 9.36 Å². The van der Waals surface area contributed by atoms with Crippen molar-refractivity contribution in [2.45, 2.75) is 13.0 Å². The van der Waals surface area contributed by atoms with Crippen LogP contribution in [0.5, 0.6) is 0 Å². The van der Waals surface area contributed by atoms with Crippen molar-refractivity contribution < 1.29 is 0 Å². The van der Waals surface area contributed by atoms with Gasteiger partial charge >= 0.3 is 0 Å². The molecule has 1 unspecified atom stereocenters. The number of nitriles is 1. The van der Waals surface area contributed by atoms with Gasteiger partial charge in [-0.2, -0.15) is 5.26 Å². The quantitative estimate of drug-likeness (QED) is 0.908. The van der Waals surface area contributed by atoms with Crippen LogP contribution in [0.15, 0.2) is 24.4 Å². The molecule has 0 saturated heterocycles. The lowest BCUT2D eigenvalue weighted by Gasteiger charge is -2.14. The summed E-state index contributed by atoms with van der Waals surface area (Å²) in [5, 5.41) is 12.4. The standard InChI is InChI=1S/C12H9Cl2N3S/c1-7(9-2-3-10(13)18-9)17-12-11(14)8(6-15)4-5-16-12/h2-5,7H,1H3,(H,16,17). The van der Waals surface area contributed by atoms with E-state index in [2.05, 4.69) is 10.3 Å². The van der Waals surface area contributed by atoms with Gasteiger partial charge in [0.1, 0.15) is 16.9 Å². The highest BCUT2D eigenvalue weighted by molar-refractivity contribution is 7.16. The summed E-state index contributed by atoms with van der Waals surface area (Å²) in [5.74, 6) is 0.507. The molecular formula is C12H9Cl2N3S. The number of thiophene rings is 1. The Hall–Kier alpha value is -1.28. The molecule has 2 heterocycles. The van der Waals surface area contributed by atoms with Crippen molar-refractivity contribution in [1.82, 2.24) is 4.98 Å². The van der Waals surface area contributed by atoms with E-state index in [1.54, 1.807) is 12.3 Å². The normalized spacial score (nSPS) is 11.9. The Kier molecular flexibility index (Phi) is 4.07. The molecule has 0 fully saturated rings. The van der Waals surface area contributed by atoms with Gasteiger partial charge in [0.15, 0.2) is 0 Å². The average molecular weight is 298 g/mol. The van der Waals surface area contributed by atoms with E-state index in [4.69, 9.17) is 28.5 Å². The van der Waals surface area contributed by atoms with Crippen LogP contribution < -0.4 is 5.32 Å². The van der Waals surface area contributed by atoms with Crippen molar-refractivity contribution in [1.29, 1.82) is 5.26 Å². The van der Waals surface area contributed by atoms with Gasteiger partial charge in [0, 0.05) is 11.1 Å². The van der Waals surface area contributed by atoms with Crippen LogP contribution in [0.4, 0.5) is 5.82 Å². The number of nitrogens with zero attached hydrogens (tertiary/aromatic N) is 2. The van der Waals surface area contributed by atoms with E-state index in [0.29, 0.717) is 16.4 Å². The first-order valence-corrected chi connectivity index (χ1v) is 6.75. The second kappa shape index (κ2) is 5.57. The molecule has 0 aromatic carbocycles. The minimum absolute atomic E-state index is 0.0291. The van der Waals surface area contributed by atoms with E-state index < -0.39 is 0 Å². The molecule has 92 valence electrons. The Balaban J connectivity index is 2.22. The van der Waals surface area contributed by atoms with Crippen LogP contribution in [0.3, 0.4) is 0 Å². The lowest BCUT2D eigenvalue weighted by atomic mass is 10.2. The average Bonchev–Trinajstić information content (AvgIpc) is 2.78. The number of hydrogen-bond donors (Lipinski definition) is 1. The number of aromatic nitrogens is 1. The molecular weight excluding hydrogens is 289 g/mol. The number of hydrogen-bond acceptors (Lipinski definition) is 4. The molecule has 0 amide bonds. The van der Waals surface area contributed by atoms with E-state index in [1.165, 1.54) is 11.3 Å². The van der Waals surface area contributed by atoms with Crippen LogP contribution >= 0.6 is 34.5 Å². The molecule has 2 aromatic heterocycles. The predicted molar refractivity (Wildman–Crippen MR) is 75.3 cm³/mol. The largest absolute Gasteiger partial charge is 0.361 e. The van der Waals surface area contributed by atoms with Crippen LogP contribution in [0, 0.1) is 11.3 Å². The zero-order valence-corrected chi connectivity index (χ0v) is 11.8. The first-order valence-electron chi connectivity index (χ1n) is 5.18. The van der Waals surface area contributed by atoms with Crippen molar-refractivity contribution in [3.8, 4) is 6.07 Å². The molecule has 0 saturated carbocycles. The van der Waals surface area contributed by atoms with Crippen LogP contribution in [-0.2, 0) is 0 Å². The Morgan fingerprint density at radius 1 is 1.39 bits per heavy atom. The maximum absolute atomic E-state index is 8.89. The number of pyridine rings is 1. The first kappa shape index (κ1) is 13.2. The van der Waals surface area contributed by atoms with Gasteiger partial charge in [-0.1, -0.05) is 23.2 Å². The van der Waals surface area contributed by atoms with Gasteiger partial charge in [0.05, 0.1) is 15.9 Å². The minimum atomic E-state index is 0.0291. The highest BCUT2D eigenvalue weighted by Gasteiger charge is 2.12. The second-order valence-electron chi connectivity index (χ2n) is 3.64. The molecule has 2 rings (SSSR count). The molecule has 0 aliphatic rings. The van der Waals surface area contributed by atoms with Crippen LogP contribution in [0.25, 0.3) is 0 Å². The summed E-state index contributed by atoms with van der Waals surface area (Å²) in [6.45, 7) is 1.99. The van der Waals surface area contributed by atoms with Crippen molar-refractivity contribution in [3.63, 3.8) is 0 Å². The summed E-state index contributed by atoms with van der Waals surface area (Å²) in [7, 11) is 0. The zero-order chi connectivity index (χ0) is 13.1. The summed E-state index contributed by atoms with van der Waals surface area (Å²) in [6.07, 6.45) is 1.56. The lowest BCUT2D eigenvalue weighted by molar-refractivity contribution is 0.896. The van der Waals surface area contributed by atoms with E-state index in [-0.39, 0.29) is 6.04 Å². The number of halogens is 2. The molecule has 0 spiro atoms. The Morgan fingerprint density at radius 3 is 2.78 bits per heavy atom. The Labute approximate surface area is 119 Å². The number of anilines is 1. The summed E-state index contributed by atoms with van der Waals surface area (Å²) in [6, 6.07) is 7.43. The summed E-state index contributed by atoms with van der Waals surface area (Å²) >= 11 is 13.5. The summed E-state index contributed by atoms with van der Waals surface area (Å²) in [5.41, 5.74) is 0.408. The van der Waals surface area contributed by atoms with Crippen molar-refractivity contribution in [3.05, 3.63) is 44.2 Å². The smallest absolute Gasteiger partial charge is 0.146 e. The van der Waals surface area contributed by atoms with Crippen LogP contribution in [0.1, 0.15) is 23.4 Å². The fourth-order valence-electron chi connectivity index (χ4n) is 1.47. The van der Waals surface area contributed by atoms with E-state index in [1.807, 2.05) is 25.1 Å². The Morgan fingerprint density at radius 2 is 2.17 bits per heavy atom. The molecule has 2 aromatic rings. The van der Waals surface area contributed by atoms with Gasteiger partial charge < -0.3 is 5.32 Å². The number of rotatable bonds is 3. The van der Waals surface area contributed by atoms with Gasteiger partial charge in [-0.15, -0.1) is 11.3 Å². The highest BCUT2D eigenvalue weighted by Crippen LogP contribution is 2.31. The van der Waals surface area contributed by atoms with E-state index >= 15 is 0 Å². The monoisotopic (exact) mass is 297 g/mol.